The van der Waals surface area contributed by atoms with Crippen LogP contribution in [-0.2, 0) is 10.0 Å². The number of nitrogens with zero attached hydrogens (tertiary/aromatic N) is 2. The van der Waals surface area contributed by atoms with Crippen molar-refractivity contribution in [1.82, 2.24) is 14.5 Å². The smallest absolute Gasteiger partial charge is 0.246 e. The summed E-state index contributed by atoms with van der Waals surface area (Å²) in [5.74, 6) is 0. The molecule has 0 aliphatic carbocycles. The van der Waals surface area contributed by atoms with Gasteiger partial charge in [0.1, 0.15) is 4.90 Å². The number of hydrogen-bond donors (Lipinski definition) is 2. The second-order valence-electron chi connectivity index (χ2n) is 4.24. The van der Waals surface area contributed by atoms with E-state index < -0.39 is 10.0 Å². The molecule has 1 rings (SSSR count). The highest BCUT2D eigenvalue weighted by molar-refractivity contribution is 7.89. The molecule has 6 nitrogen and oxygen atoms in total. The van der Waals surface area contributed by atoms with Crippen LogP contribution in [-0.4, -0.2) is 47.7 Å². The Kier molecular flexibility index (Phi) is 5.30. The predicted octanol–water partition coefficient (Wildman–Crippen LogP) is 0.810. The Bertz CT molecular complexity index is 462. The van der Waals surface area contributed by atoms with Crippen molar-refractivity contribution in [3.63, 3.8) is 0 Å². The molecule has 1 aromatic rings. The van der Waals surface area contributed by atoms with Crippen LogP contribution in [0.2, 0.25) is 0 Å². The van der Waals surface area contributed by atoms with Gasteiger partial charge in [0, 0.05) is 13.1 Å². The number of aryl methyl sites for hydroxylation is 2. The summed E-state index contributed by atoms with van der Waals surface area (Å²) in [6, 6.07) is 0. The Morgan fingerprint density at radius 1 is 1.33 bits per heavy atom. The van der Waals surface area contributed by atoms with Gasteiger partial charge in [-0.05, 0) is 20.3 Å². The van der Waals surface area contributed by atoms with Crippen molar-refractivity contribution in [1.29, 1.82) is 0 Å². The molecular formula is C11H21N3O3S. The van der Waals surface area contributed by atoms with Gasteiger partial charge in [0.05, 0.1) is 18.0 Å². The van der Waals surface area contributed by atoms with Crippen LogP contribution in [0, 0.1) is 13.8 Å². The van der Waals surface area contributed by atoms with Gasteiger partial charge in [-0.3, -0.25) is 5.10 Å². The lowest BCUT2D eigenvalue weighted by Gasteiger charge is -2.21. The largest absolute Gasteiger partial charge is 0.395 e. The Balaban J connectivity index is 3.09. The highest BCUT2D eigenvalue weighted by atomic mass is 32.2. The van der Waals surface area contributed by atoms with Crippen LogP contribution >= 0.6 is 0 Å². The molecule has 0 saturated carbocycles. The number of aromatic nitrogens is 2. The third-order valence-corrected chi connectivity index (χ3v) is 4.93. The molecule has 104 valence electrons. The lowest BCUT2D eigenvalue weighted by Crippen LogP contribution is -2.35. The van der Waals surface area contributed by atoms with Crippen LogP contribution in [0.3, 0.4) is 0 Å². The van der Waals surface area contributed by atoms with Gasteiger partial charge in [-0.25, -0.2) is 8.42 Å². The molecule has 0 radical (unpaired) electrons. The van der Waals surface area contributed by atoms with Crippen molar-refractivity contribution in [2.24, 2.45) is 0 Å². The zero-order valence-corrected chi connectivity index (χ0v) is 11.9. The van der Waals surface area contributed by atoms with Crippen LogP contribution in [0.1, 0.15) is 31.2 Å². The highest BCUT2D eigenvalue weighted by Gasteiger charge is 2.28. The van der Waals surface area contributed by atoms with E-state index in [0.717, 1.165) is 12.8 Å². The lowest BCUT2D eigenvalue weighted by molar-refractivity contribution is 0.252. The first-order valence-corrected chi connectivity index (χ1v) is 7.51. The molecular weight excluding hydrogens is 254 g/mol. The van der Waals surface area contributed by atoms with E-state index in [0.29, 0.717) is 17.9 Å². The molecule has 2 N–H and O–H groups in total. The first kappa shape index (κ1) is 15.1. The van der Waals surface area contributed by atoms with Crippen molar-refractivity contribution in [2.75, 3.05) is 19.7 Å². The third kappa shape index (κ3) is 3.09. The number of aromatic amines is 1. The average molecular weight is 275 g/mol. The van der Waals surface area contributed by atoms with Crippen molar-refractivity contribution in [2.45, 2.75) is 38.5 Å². The molecule has 0 unspecified atom stereocenters. The summed E-state index contributed by atoms with van der Waals surface area (Å²) in [6.45, 7) is 5.70. The van der Waals surface area contributed by atoms with Gasteiger partial charge < -0.3 is 5.11 Å². The molecule has 0 bridgehead atoms. The number of H-pyrrole nitrogens is 1. The maximum atomic E-state index is 12.5. The predicted molar refractivity (Wildman–Crippen MR) is 68.8 cm³/mol. The van der Waals surface area contributed by atoms with E-state index >= 15 is 0 Å². The monoisotopic (exact) mass is 275 g/mol. The second-order valence-corrected chi connectivity index (χ2v) is 6.12. The highest BCUT2D eigenvalue weighted by Crippen LogP contribution is 2.21. The normalized spacial score (nSPS) is 12.3. The van der Waals surface area contributed by atoms with E-state index in [2.05, 4.69) is 10.2 Å². The maximum absolute atomic E-state index is 12.5. The molecule has 1 heterocycles. The van der Waals surface area contributed by atoms with Crippen LogP contribution in [0.15, 0.2) is 4.90 Å². The topological polar surface area (TPSA) is 86.3 Å². The number of rotatable bonds is 7. The summed E-state index contributed by atoms with van der Waals surface area (Å²) in [4.78, 5) is 0.229. The summed E-state index contributed by atoms with van der Waals surface area (Å²) >= 11 is 0. The van der Waals surface area contributed by atoms with Gasteiger partial charge >= 0.3 is 0 Å². The number of aliphatic hydroxyl groups is 1. The Morgan fingerprint density at radius 2 is 2.00 bits per heavy atom. The van der Waals surface area contributed by atoms with Crippen molar-refractivity contribution >= 4 is 10.0 Å². The van der Waals surface area contributed by atoms with E-state index in [1.165, 1.54) is 4.31 Å². The van der Waals surface area contributed by atoms with Gasteiger partial charge in [0.25, 0.3) is 0 Å². The van der Waals surface area contributed by atoms with Gasteiger partial charge in [0.2, 0.25) is 10.0 Å². The number of nitrogens with one attached hydrogen (secondary N) is 1. The Morgan fingerprint density at radius 3 is 2.44 bits per heavy atom. The minimum atomic E-state index is -3.57. The fraction of sp³-hybridized carbons (Fsp3) is 0.727. The summed E-state index contributed by atoms with van der Waals surface area (Å²) in [7, 11) is -3.57. The number of sulfonamides is 1. The molecule has 18 heavy (non-hydrogen) atoms. The molecule has 0 aliphatic heterocycles. The number of unbranched alkanes of at least 4 members (excludes halogenated alkanes) is 1. The molecule has 0 spiro atoms. The van der Waals surface area contributed by atoms with E-state index in [-0.39, 0.29) is 18.0 Å². The molecule has 0 saturated heterocycles. The van der Waals surface area contributed by atoms with Crippen LogP contribution in [0.25, 0.3) is 0 Å². The molecule has 0 fully saturated rings. The van der Waals surface area contributed by atoms with Gasteiger partial charge in [-0.15, -0.1) is 0 Å². The third-order valence-electron chi connectivity index (χ3n) is 2.77. The average Bonchev–Trinajstić information content (AvgIpc) is 2.64. The van der Waals surface area contributed by atoms with Crippen molar-refractivity contribution in [3.8, 4) is 0 Å². The minimum absolute atomic E-state index is 0.117. The van der Waals surface area contributed by atoms with Crippen LogP contribution < -0.4 is 0 Å². The van der Waals surface area contributed by atoms with Gasteiger partial charge in [0.15, 0.2) is 0 Å². The Hall–Kier alpha value is -0.920. The van der Waals surface area contributed by atoms with Crippen molar-refractivity contribution < 1.29 is 13.5 Å². The zero-order chi connectivity index (χ0) is 13.8. The molecule has 0 amide bonds. The minimum Gasteiger partial charge on any atom is -0.395 e. The summed E-state index contributed by atoms with van der Waals surface area (Å²) in [6.07, 6.45) is 1.68. The van der Waals surface area contributed by atoms with Gasteiger partial charge in [-0.1, -0.05) is 13.3 Å². The molecule has 1 aromatic heterocycles. The molecule has 0 aromatic carbocycles. The van der Waals surface area contributed by atoms with Crippen molar-refractivity contribution in [3.05, 3.63) is 11.4 Å². The summed E-state index contributed by atoms with van der Waals surface area (Å²) < 4.78 is 26.3. The van der Waals surface area contributed by atoms with Crippen LogP contribution in [0.5, 0.6) is 0 Å². The van der Waals surface area contributed by atoms with E-state index in [1.54, 1.807) is 13.8 Å². The Labute approximate surface area is 108 Å². The molecule has 7 heteroatoms. The zero-order valence-electron chi connectivity index (χ0n) is 11.1. The molecule has 0 aliphatic rings. The lowest BCUT2D eigenvalue weighted by atomic mass is 10.3. The first-order chi connectivity index (χ1) is 8.45. The van der Waals surface area contributed by atoms with Gasteiger partial charge in [-0.2, -0.15) is 9.40 Å². The quantitative estimate of drug-likeness (QED) is 0.771. The van der Waals surface area contributed by atoms with E-state index in [1.807, 2.05) is 6.92 Å². The number of aliphatic hydroxyl groups excluding tert-OH is 1. The van der Waals surface area contributed by atoms with E-state index in [9.17, 15) is 8.42 Å². The second kappa shape index (κ2) is 6.31. The number of hydrogen-bond acceptors (Lipinski definition) is 4. The fourth-order valence-electron chi connectivity index (χ4n) is 1.85. The maximum Gasteiger partial charge on any atom is 0.246 e. The van der Waals surface area contributed by atoms with E-state index in [4.69, 9.17) is 5.11 Å². The summed E-state index contributed by atoms with van der Waals surface area (Å²) in [5, 5.41) is 15.6. The van der Waals surface area contributed by atoms with Crippen LogP contribution in [0.4, 0.5) is 0 Å². The molecule has 0 atom stereocenters. The first-order valence-electron chi connectivity index (χ1n) is 6.07. The fourth-order valence-corrected chi connectivity index (χ4v) is 3.65. The standard InChI is InChI=1S/C11H21N3O3S/c1-4-5-6-14(7-8-15)18(16,17)11-9(2)12-13-10(11)3/h15H,4-8H2,1-3H3,(H,12,13). The SMILES string of the molecule is CCCCN(CCO)S(=O)(=O)c1c(C)n[nH]c1C. The summed E-state index contributed by atoms with van der Waals surface area (Å²) in [5.41, 5.74) is 0.999.